The fourth-order valence-electron chi connectivity index (χ4n) is 8.78. The molecule has 0 atom stereocenters. The Labute approximate surface area is 325 Å². The Morgan fingerprint density at radius 2 is 0.857 bits per heavy atom. The maximum Gasteiger partial charge on any atom is 0.0541 e. The average Bonchev–Trinajstić information content (AvgIpc) is 3.61. The second-order valence-corrected chi connectivity index (χ2v) is 14.5. The van der Waals surface area contributed by atoms with Crippen LogP contribution in [0.15, 0.2) is 218 Å². The molecule has 0 aliphatic rings. The molecule has 0 fully saturated rings. The number of anilines is 3. The van der Waals surface area contributed by atoms with E-state index in [0.29, 0.717) is 0 Å². The molecule has 1 heterocycles. The molecule has 0 aliphatic carbocycles. The van der Waals surface area contributed by atoms with Crippen LogP contribution >= 0.6 is 0 Å². The van der Waals surface area contributed by atoms with Gasteiger partial charge in [0.25, 0.3) is 0 Å². The van der Waals surface area contributed by atoms with Crippen molar-refractivity contribution in [1.82, 2.24) is 4.57 Å². The Morgan fingerprint density at radius 1 is 0.304 bits per heavy atom. The molecule has 56 heavy (non-hydrogen) atoms. The van der Waals surface area contributed by atoms with Gasteiger partial charge in [0.1, 0.15) is 0 Å². The molecule has 0 aliphatic heterocycles. The molecule has 0 spiro atoms. The maximum absolute atomic E-state index is 2.44. The van der Waals surface area contributed by atoms with Crippen molar-refractivity contribution in [1.29, 1.82) is 0 Å². The van der Waals surface area contributed by atoms with E-state index in [4.69, 9.17) is 0 Å². The zero-order valence-electron chi connectivity index (χ0n) is 30.7. The number of rotatable bonds is 6. The smallest absolute Gasteiger partial charge is 0.0541 e. The number of hydrogen-bond acceptors (Lipinski definition) is 1. The van der Waals surface area contributed by atoms with Gasteiger partial charge in [-0.15, -0.1) is 0 Å². The molecule has 0 N–H and O–H groups in total. The van der Waals surface area contributed by atoms with Crippen LogP contribution in [0.1, 0.15) is 0 Å². The quantitative estimate of drug-likeness (QED) is 0.167. The normalized spacial score (nSPS) is 11.6. The summed E-state index contributed by atoms with van der Waals surface area (Å²) in [5, 5.41) is 9.89. The van der Waals surface area contributed by atoms with E-state index in [0.717, 1.165) is 22.7 Å². The largest absolute Gasteiger partial charge is 0.310 e. The van der Waals surface area contributed by atoms with Crippen LogP contribution in [0, 0.1) is 0 Å². The minimum Gasteiger partial charge on any atom is -0.310 e. The first-order valence-corrected chi connectivity index (χ1v) is 19.3. The molecule has 0 bridgehead atoms. The lowest BCUT2D eigenvalue weighted by molar-refractivity contribution is 1.17. The highest BCUT2D eigenvalue weighted by atomic mass is 15.1. The molecule has 2 nitrogen and oxygen atoms in total. The van der Waals surface area contributed by atoms with Crippen LogP contribution in [-0.4, -0.2) is 4.57 Å². The topological polar surface area (TPSA) is 8.17 Å². The van der Waals surface area contributed by atoms with Crippen molar-refractivity contribution in [2.45, 2.75) is 0 Å². The minimum absolute atomic E-state index is 1.09. The lowest BCUT2D eigenvalue weighted by Gasteiger charge is -2.28. The highest BCUT2D eigenvalue weighted by molar-refractivity contribution is 6.10. The van der Waals surface area contributed by atoms with E-state index >= 15 is 0 Å². The summed E-state index contributed by atoms with van der Waals surface area (Å²) in [5.41, 5.74) is 11.7. The van der Waals surface area contributed by atoms with E-state index in [9.17, 15) is 0 Å². The zero-order chi connectivity index (χ0) is 37.0. The minimum atomic E-state index is 1.09. The van der Waals surface area contributed by atoms with Crippen LogP contribution in [0.2, 0.25) is 0 Å². The van der Waals surface area contributed by atoms with Crippen LogP contribution in [0.3, 0.4) is 0 Å². The van der Waals surface area contributed by atoms with Gasteiger partial charge in [0, 0.05) is 33.2 Å². The summed E-state index contributed by atoms with van der Waals surface area (Å²) in [6.45, 7) is 0. The van der Waals surface area contributed by atoms with Gasteiger partial charge in [0.2, 0.25) is 0 Å². The van der Waals surface area contributed by atoms with Crippen LogP contribution in [0.4, 0.5) is 17.1 Å². The summed E-state index contributed by atoms with van der Waals surface area (Å²) in [5.74, 6) is 0. The van der Waals surface area contributed by atoms with Crippen LogP contribution in [0.5, 0.6) is 0 Å². The second-order valence-electron chi connectivity index (χ2n) is 14.5. The summed E-state index contributed by atoms with van der Waals surface area (Å²) in [6.07, 6.45) is 0. The van der Waals surface area contributed by atoms with E-state index < -0.39 is 0 Å². The summed E-state index contributed by atoms with van der Waals surface area (Å²) in [4.78, 5) is 2.44. The molecule has 0 saturated carbocycles. The standard InChI is InChI=1S/C54H36N2/c1-2-16-39-34-41(31-30-37(39)14-1)47-32-33-54(49-24-6-5-23-48(47)49)55(42-19-11-18-40(35-42)46-27-12-17-38-15-3-4-22-45(38)46)43-20-13-21-44(36-43)56-52-28-9-7-25-50(52)51-26-8-10-29-53(51)56/h1-36H. The van der Waals surface area contributed by atoms with Gasteiger partial charge in [-0.1, -0.05) is 164 Å². The fraction of sp³-hybridized carbons (Fsp3) is 0. The number of benzene rings is 10. The Morgan fingerprint density at radius 3 is 1.64 bits per heavy atom. The Balaban J connectivity index is 1.15. The maximum atomic E-state index is 2.44. The third kappa shape index (κ3) is 5.26. The first kappa shape index (κ1) is 32.0. The van der Waals surface area contributed by atoms with E-state index in [1.807, 2.05) is 0 Å². The van der Waals surface area contributed by atoms with Crippen molar-refractivity contribution < 1.29 is 0 Å². The summed E-state index contributed by atoms with van der Waals surface area (Å²) < 4.78 is 2.40. The molecule has 2 heteroatoms. The molecule has 0 amide bonds. The predicted octanol–water partition coefficient (Wildman–Crippen LogP) is 15.0. The van der Waals surface area contributed by atoms with Crippen molar-refractivity contribution in [3.8, 4) is 27.9 Å². The number of hydrogen-bond donors (Lipinski definition) is 0. The van der Waals surface area contributed by atoms with Gasteiger partial charge < -0.3 is 9.47 Å². The van der Waals surface area contributed by atoms with Crippen molar-refractivity contribution in [3.63, 3.8) is 0 Å². The fourth-order valence-corrected chi connectivity index (χ4v) is 8.78. The van der Waals surface area contributed by atoms with Crippen LogP contribution in [0.25, 0.3) is 82.1 Å². The Hall–Kier alpha value is -7.42. The third-order valence-corrected chi connectivity index (χ3v) is 11.3. The van der Waals surface area contributed by atoms with Gasteiger partial charge in [0.15, 0.2) is 0 Å². The summed E-state index contributed by atoms with van der Waals surface area (Å²) in [6, 6.07) is 79.6. The lowest BCUT2D eigenvalue weighted by atomic mass is 9.94. The molecular weight excluding hydrogens is 677 g/mol. The summed E-state index contributed by atoms with van der Waals surface area (Å²) >= 11 is 0. The molecule has 262 valence electrons. The molecule has 0 unspecified atom stereocenters. The SMILES string of the molecule is c1cc(-c2cccc3ccccc23)cc(N(c2cccc(-n3c4ccccc4c4ccccc43)c2)c2ccc(-c3ccc4ccccc4c3)c3ccccc23)c1. The molecular formula is C54H36N2. The average molecular weight is 713 g/mol. The number of nitrogens with zero attached hydrogens (tertiary/aromatic N) is 2. The van der Waals surface area contributed by atoms with Crippen LogP contribution in [-0.2, 0) is 0 Å². The van der Waals surface area contributed by atoms with Crippen LogP contribution < -0.4 is 4.90 Å². The molecule has 0 radical (unpaired) electrons. The second kappa shape index (κ2) is 13.2. The molecule has 11 rings (SSSR count). The van der Waals surface area contributed by atoms with Gasteiger partial charge in [-0.25, -0.2) is 0 Å². The first-order chi connectivity index (χ1) is 27.8. The molecule has 1 aromatic heterocycles. The van der Waals surface area contributed by atoms with E-state index in [-0.39, 0.29) is 0 Å². The van der Waals surface area contributed by atoms with Gasteiger partial charge in [-0.05, 0) is 104 Å². The highest BCUT2D eigenvalue weighted by Crippen LogP contribution is 2.44. The lowest BCUT2D eigenvalue weighted by Crippen LogP contribution is -2.11. The van der Waals surface area contributed by atoms with Crippen molar-refractivity contribution in [3.05, 3.63) is 218 Å². The molecule has 11 aromatic rings. The predicted molar refractivity (Wildman–Crippen MR) is 239 cm³/mol. The van der Waals surface area contributed by atoms with E-state index in [1.165, 1.54) is 76.4 Å². The van der Waals surface area contributed by atoms with Gasteiger partial charge in [-0.3, -0.25) is 0 Å². The van der Waals surface area contributed by atoms with E-state index in [1.54, 1.807) is 0 Å². The number of fused-ring (bicyclic) bond motifs is 6. The number of para-hydroxylation sites is 2. The van der Waals surface area contributed by atoms with Gasteiger partial charge in [-0.2, -0.15) is 0 Å². The van der Waals surface area contributed by atoms with Crippen molar-refractivity contribution in [2.75, 3.05) is 4.90 Å². The van der Waals surface area contributed by atoms with Gasteiger partial charge >= 0.3 is 0 Å². The Kier molecular flexibility index (Phi) is 7.53. The zero-order valence-corrected chi connectivity index (χ0v) is 30.7. The molecule has 0 saturated heterocycles. The van der Waals surface area contributed by atoms with Gasteiger partial charge in [0.05, 0.1) is 16.7 Å². The van der Waals surface area contributed by atoms with Crippen molar-refractivity contribution >= 4 is 71.2 Å². The van der Waals surface area contributed by atoms with E-state index in [2.05, 4.69) is 228 Å². The third-order valence-electron chi connectivity index (χ3n) is 11.3. The monoisotopic (exact) mass is 712 g/mol. The summed E-state index contributed by atoms with van der Waals surface area (Å²) in [7, 11) is 0. The number of aromatic nitrogens is 1. The van der Waals surface area contributed by atoms with Crippen molar-refractivity contribution in [2.24, 2.45) is 0 Å². The first-order valence-electron chi connectivity index (χ1n) is 19.3. The Bertz CT molecular complexity index is 3220. The molecule has 10 aromatic carbocycles. The highest BCUT2D eigenvalue weighted by Gasteiger charge is 2.20.